The van der Waals surface area contributed by atoms with Gasteiger partial charge in [-0.3, -0.25) is 9.59 Å². The van der Waals surface area contributed by atoms with Crippen LogP contribution in [0, 0.1) is 17.5 Å². The molecule has 0 heterocycles. The summed E-state index contributed by atoms with van der Waals surface area (Å²) in [5.41, 5.74) is 0.308. The predicted octanol–water partition coefficient (Wildman–Crippen LogP) is 3.49. The highest BCUT2D eigenvalue weighted by Gasteiger charge is 2.17. The minimum absolute atomic E-state index is 0.0785. The van der Waals surface area contributed by atoms with Crippen molar-refractivity contribution in [2.45, 2.75) is 13.3 Å². The molecule has 0 aliphatic carbocycles. The summed E-state index contributed by atoms with van der Waals surface area (Å²) in [6, 6.07) is 8.04. The first kappa shape index (κ1) is 17.5. The normalized spacial score (nSPS) is 10.3. The third kappa shape index (κ3) is 4.58. The van der Waals surface area contributed by atoms with Crippen LogP contribution in [0.1, 0.15) is 13.3 Å². The summed E-state index contributed by atoms with van der Waals surface area (Å²) in [6.07, 6.45) is -0.103. The average molecular weight is 336 g/mol. The van der Waals surface area contributed by atoms with E-state index in [4.69, 9.17) is 0 Å². The first-order valence-corrected chi connectivity index (χ1v) is 7.15. The summed E-state index contributed by atoms with van der Waals surface area (Å²) in [6.45, 7) is 1.14. The minimum Gasteiger partial charge on any atom is -0.326 e. The Morgan fingerprint density at radius 2 is 1.62 bits per heavy atom. The van der Waals surface area contributed by atoms with Crippen molar-refractivity contribution >= 4 is 23.2 Å². The van der Waals surface area contributed by atoms with E-state index < -0.39 is 29.3 Å². The van der Waals surface area contributed by atoms with Gasteiger partial charge >= 0.3 is 0 Å². The van der Waals surface area contributed by atoms with E-state index >= 15 is 0 Å². The van der Waals surface area contributed by atoms with Crippen LogP contribution in [-0.4, -0.2) is 18.4 Å². The van der Waals surface area contributed by atoms with Crippen molar-refractivity contribution in [3.8, 4) is 0 Å². The Morgan fingerprint density at radius 1 is 1.00 bits per heavy atom. The van der Waals surface area contributed by atoms with Crippen LogP contribution in [0.3, 0.4) is 0 Å². The Morgan fingerprint density at radius 3 is 2.21 bits per heavy atom. The molecule has 1 N–H and O–H groups in total. The van der Waals surface area contributed by atoms with E-state index in [1.807, 2.05) is 0 Å². The molecule has 0 saturated carbocycles. The summed E-state index contributed by atoms with van der Waals surface area (Å²) in [5, 5.41) is 2.54. The first-order valence-electron chi connectivity index (χ1n) is 7.15. The summed E-state index contributed by atoms with van der Waals surface area (Å²) in [5.74, 6) is -2.97. The molecular formula is C17H15F3N2O2. The summed E-state index contributed by atoms with van der Waals surface area (Å²) in [4.78, 5) is 24.6. The lowest BCUT2D eigenvalue weighted by molar-refractivity contribution is -0.117. The maximum Gasteiger partial charge on any atom is 0.226 e. The van der Waals surface area contributed by atoms with Crippen molar-refractivity contribution in [3.63, 3.8) is 0 Å². The van der Waals surface area contributed by atoms with Crippen LogP contribution < -0.4 is 10.2 Å². The molecule has 2 aromatic rings. The largest absolute Gasteiger partial charge is 0.326 e. The lowest BCUT2D eigenvalue weighted by atomic mass is 10.2. The Balaban J connectivity index is 2.02. The van der Waals surface area contributed by atoms with Gasteiger partial charge in [-0.1, -0.05) is 0 Å². The molecule has 2 amide bonds. The number of anilines is 2. The SMILES string of the molecule is CC(=O)N(CCC(=O)Nc1ccc(F)cc1)c1ccc(F)cc1F. The van der Waals surface area contributed by atoms with E-state index in [1.165, 1.54) is 31.2 Å². The molecule has 126 valence electrons. The van der Waals surface area contributed by atoms with Crippen molar-refractivity contribution in [3.05, 3.63) is 59.9 Å². The number of benzene rings is 2. The predicted molar refractivity (Wildman–Crippen MR) is 84.0 cm³/mol. The number of carbonyl (C=O) groups excluding carboxylic acids is 2. The van der Waals surface area contributed by atoms with Gasteiger partial charge in [0.25, 0.3) is 0 Å². The zero-order valence-corrected chi connectivity index (χ0v) is 12.9. The maximum atomic E-state index is 13.8. The smallest absolute Gasteiger partial charge is 0.226 e. The van der Waals surface area contributed by atoms with Gasteiger partial charge in [0.1, 0.15) is 17.5 Å². The van der Waals surface area contributed by atoms with Gasteiger partial charge in [-0.15, -0.1) is 0 Å². The quantitative estimate of drug-likeness (QED) is 0.909. The number of nitrogens with one attached hydrogen (secondary N) is 1. The standard InChI is InChI=1S/C17H15F3N2O2/c1-11(23)22(16-7-4-13(19)10-15(16)20)9-8-17(24)21-14-5-2-12(18)3-6-14/h2-7,10H,8-9H2,1H3,(H,21,24). The van der Waals surface area contributed by atoms with Crippen molar-refractivity contribution in [2.24, 2.45) is 0 Å². The van der Waals surface area contributed by atoms with Crippen LogP contribution in [0.15, 0.2) is 42.5 Å². The van der Waals surface area contributed by atoms with Gasteiger partial charge in [0.15, 0.2) is 0 Å². The summed E-state index contributed by atoms with van der Waals surface area (Å²) < 4.78 is 39.6. The molecule has 2 aromatic carbocycles. The van der Waals surface area contributed by atoms with E-state index in [-0.39, 0.29) is 18.7 Å². The van der Waals surface area contributed by atoms with Crippen molar-refractivity contribution < 1.29 is 22.8 Å². The third-order valence-corrected chi connectivity index (χ3v) is 3.27. The fourth-order valence-electron chi connectivity index (χ4n) is 2.12. The fourth-order valence-corrected chi connectivity index (χ4v) is 2.12. The molecule has 24 heavy (non-hydrogen) atoms. The zero-order valence-electron chi connectivity index (χ0n) is 12.9. The number of hydrogen-bond donors (Lipinski definition) is 1. The molecule has 0 radical (unpaired) electrons. The topological polar surface area (TPSA) is 49.4 Å². The zero-order chi connectivity index (χ0) is 17.7. The summed E-state index contributed by atoms with van der Waals surface area (Å²) >= 11 is 0. The molecule has 2 rings (SSSR count). The van der Waals surface area contributed by atoms with Crippen molar-refractivity contribution in [2.75, 3.05) is 16.8 Å². The Bertz CT molecular complexity index is 748. The molecule has 0 aliphatic heterocycles. The van der Waals surface area contributed by atoms with Crippen LogP contribution in [0.25, 0.3) is 0 Å². The molecule has 4 nitrogen and oxygen atoms in total. The van der Waals surface area contributed by atoms with Gasteiger partial charge < -0.3 is 10.2 Å². The molecule has 0 aliphatic rings. The second-order valence-electron chi connectivity index (χ2n) is 5.07. The molecule has 0 saturated heterocycles. The lowest BCUT2D eigenvalue weighted by Gasteiger charge is -2.21. The second-order valence-corrected chi connectivity index (χ2v) is 5.07. The third-order valence-electron chi connectivity index (χ3n) is 3.27. The molecule has 7 heteroatoms. The van der Waals surface area contributed by atoms with Crippen molar-refractivity contribution in [1.29, 1.82) is 0 Å². The fraction of sp³-hybridized carbons (Fsp3) is 0.176. The van der Waals surface area contributed by atoms with E-state index in [2.05, 4.69) is 5.32 Å². The van der Waals surface area contributed by atoms with Crippen LogP contribution >= 0.6 is 0 Å². The number of amides is 2. The van der Waals surface area contributed by atoms with Gasteiger partial charge in [-0.25, -0.2) is 13.2 Å². The number of halogens is 3. The molecular weight excluding hydrogens is 321 g/mol. The number of hydrogen-bond acceptors (Lipinski definition) is 2. The van der Waals surface area contributed by atoms with Gasteiger partial charge in [0.05, 0.1) is 5.69 Å². The first-order chi connectivity index (χ1) is 11.4. The van der Waals surface area contributed by atoms with Crippen LogP contribution in [0.2, 0.25) is 0 Å². The highest BCUT2D eigenvalue weighted by molar-refractivity contribution is 5.94. The van der Waals surface area contributed by atoms with Gasteiger partial charge in [0, 0.05) is 31.6 Å². The Labute approximate surface area is 136 Å². The highest BCUT2D eigenvalue weighted by Crippen LogP contribution is 2.21. The van der Waals surface area contributed by atoms with Crippen molar-refractivity contribution in [1.82, 2.24) is 0 Å². The Hall–Kier alpha value is -2.83. The number of carbonyl (C=O) groups is 2. The van der Waals surface area contributed by atoms with Gasteiger partial charge in [-0.05, 0) is 36.4 Å². The highest BCUT2D eigenvalue weighted by atomic mass is 19.1. The van der Waals surface area contributed by atoms with Crippen LogP contribution in [0.5, 0.6) is 0 Å². The van der Waals surface area contributed by atoms with E-state index in [1.54, 1.807) is 0 Å². The molecule has 0 bridgehead atoms. The molecule has 0 spiro atoms. The molecule has 0 unspecified atom stereocenters. The minimum atomic E-state index is -0.885. The monoisotopic (exact) mass is 336 g/mol. The van der Waals surface area contributed by atoms with Crippen LogP contribution in [-0.2, 0) is 9.59 Å². The van der Waals surface area contributed by atoms with Gasteiger partial charge in [0.2, 0.25) is 11.8 Å². The van der Waals surface area contributed by atoms with E-state index in [0.717, 1.165) is 17.0 Å². The summed E-state index contributed by atoms with van der Waals surface area (Å²) in [7, 11) is 0. The van der Waals surface area contributed by atoms with E-state index in [0.29, 0.717) is 11.8 Å². The average Bonchev–Trinajstić information content (AvgIpc) is 2.51. The van der Waals surface area contributed by atoms with E-state index in [9.17, 15) is 22.8 Å². The molecule has 0 fully saturated rings. The number of rotatable bonds is 5. The maximum absolute atomic E-state index is 13.8. The van der Waals surface area contributed by atoms with Crippen LogP contribution in [0.4, 0.5) is 24.5 Å². The molecule has 0 aromatic heterocycles. The van der Waals surface area contributed by atoms with Gasteiger partial charge in [-0.2, -0.15) is 0 Å². The number of nitrogens with zero attached hydrogens (tertiary/aromatic N) is 1. The lowest BCUT2D eigenvalue weighted by Crippen LogP contribution is -2.32. The molecule has 0 atom stereocenters. The second kappa shape index (κ2) is 7.63. The Kier molecular flexibility index (Phi) is 5.57.